The maximum atomic E-state index is 12.1. The van der Waals surface area contributed by atoms with E-state index in [-0.39, 0.29) is 18.9 Å². The molecule has 3 N–H and O–H groups in total. The van der Waals surface area contributed by atoms with Crippen LogP contribution in [0.3, 0.4) is 0 Å². The van der Waals surface area contributed by atoms with Crippen LogP contribution >= 0.6 is 0 Å². The highest BCUT2D eigenvalue weighted by Gasteiger charge is 2.11. The summed E-state index contributed by atoms with van der Waals surface area (Å²) in [7, 11) is 0. The molecule has 0 aliphatic carbocycles. The zero-order valence-corrected chi connectivity index (χ0v) is 20.0. The van der Waals surface area contributed by atoms with E-state index >= 15 is 0 Å². The third-order valence-corrected chi connectivity index (χ3v) is 5.67. The van der Waals surface area contributed by atoms with Crippen molar-refractivity contribution < 1.29 is 19.2 Å². The van der Waals surface area contributed by atoms with Crippen LogP contribution in [0.25, 0.3) is 22.8 Å². The van der Waals surface area contributed by atoms with E-state index in [9.17, 15) is 9.59 Å². The van der Waals surface area contributed by atoms with E-state index in [2.05, 4.69) is 39.8 Å². The van der Waals surface area contributed by atoms with E-state index in [0.717, 1.165) is 29.8 Å². The summed E-state index contributed by atoms with van der Waals surface area (Å²) in [5.74, 6) is 0.223. The number of carboxylic acid groups (broad SMARTS) is 1. The number of aliphatic carboxylic acids is 1. The maximum Gasteiger partial charge on any atom is 0.305 e. The molecule has 3 aromatic carbocycles. The van der Waals surface area contributed by atoms with Crippen molar-refractivity contribution in [1.82, 2.24) is 15.5 Å². The van der Waals surface area contributed by atoms with Gasteiger partial charge in [-0.25, -0.2) is 0 Å². The number of carbonyl (C=O) groups excluding carboxylic acids is 1. The Labute approximate surface area is 209 Å². The molecule has 1 amide bonds. The van der Waals surface area contributed by atoms with Gasteiger partial charge in [0.25, 0.3) is 11.8 Å². The summed E-state index contributed by atoms with van der Waals surface area (Å²) in [4.78, 5) is 27.1. The van der Waals surface area contributed by atoms with Gasteiger partial charge in [-0.05, 0) is 54.3 Å². The molecular formula is C28H28N4O4. The largest absolute Gasteiger partial charge is 0.481 e. The monoisotopic (exact) mass is 484 g/mol. The Morgan fingerprint density at radius 1 is 0.944 bits per heavy atom. The summed E-state index contributed by atoms with van der Waals surface area (Å²) in [6, 6.07) is 25.0. The third-order valence-electron chi connectivity index (χ3n) is 5.67. The maximum absolute atomic E-state index is 12.1. The van der Waals surface area contributed by atoms with E-state index in [0.29, 0.717) is 23.2 Å². The van der Waals surface area contributed by atoms with Crippen molar-refractivity contribution in [2.45, 2.75) is 19.8 Å². The first kappa shape index (κ1) is 24.7. The molecule has 0 fully saturated rings. The average molecular weight is 485 g/mol. The van der Waals surface area contributed by atoms with Gasteiger partial charge in [0, 0.05) is 35.5 Å². The second kappa shape index (κ2) is 11.8. The lowest BCUT2D eigenvalue weighted by Gasteiger charge is -2.14. The molecule has 0 saturated heterocycles. The van der Waals surface area contributed by atoms with Crippen LogP contribution in [-0.2, 0) is 11.2 Å². The topological polar surface area (TPSA) is 117 Å². The average Bonchev–Trinajstić information content (AvgIpc) is 3.39. The Hall–Kier alpha value is -4.46. The molecule has 4 rings (SSSR count). The van der Waals surface area contributed by atoms with Gasteiger partial charge in [-0.3, -0.25) is 9.59 Å². The predicted molar refractivity (Wildman–Crippen MR) is 138 cm³/mol. The molecule has 8 heteroatoms. The Bertz CT molecular complexity index is 1290. The van der Waals surface area contributed by atoms with Crippen molar-refractivity contribution in [2.75, 3.05) is 18.4 Å². The summed E-state index contributed by atoms with van der Waals surface area (Å²) >= 11 is 0. The van der Waals surface area contributed by atoms with Gasteiger partial charge in [0.1, 0.15) is 0 Å². The van der Waals surface area contributed by atoms with E-state index in [1.165, 1.54) is 5.56 Å². The molecule has 0 bridgehead atoms. The molecule has 184 valence electrons. The summed E-state index contributed by atoms with van der Waals surface area (Å²) < 4.78 is 5.41. The Morgan fingerprint density at radius 2 is 1.67 bits per heavy atom. The number of hydrogen-bond donors (Lipinski definition) is 3. The molecule has 4 aromatic rings. The van der Waals surface area contributed by atoms with Crippen molar-refractivity contribution in [3.05, 3.63) is 90.0 Å². The number of aromatic nitrogens is 2. The molecule has 1 aromatic heterocycles. The molecule has 0 radical (unpaired) electrons. The zero-order valence-electron chi connectivity index (χ0n) is 20.0. The lowest BCUT2D eigenvalue weighted by molar-refractivity contribution is -0.136. The van der Waals surface area contributed by atoms with Crippen LogP contribution in [0.5, 0.6) is 0 Å². The summed E-state index contributed by atoms with van der Waals surface area (Å²) in [6.07, 6.45) is 0.803. The lowest BCUT2D eigenvalue weighted by Crippen LogP contribution is -2.25. The summed E-state index contributed by atoms with van der Waals surface area (Å²) in [5, 5.41) is 18.8. The highest BCUT2D eigenvalue weighted by atomic mass is 16.5. The van der Waals surface area contributed by atoms with Gasteiger partial charge in [-0.2, -0.15) is 4.98 Å². The summed E-state index contributed by atoms with van der Waals surface area (Å²) in [5.41, 5.74) is 4.43. The number of hydrogen-bond acceptors (Lipinski definition) is 6. The molecule has 1 atom stereocenters. The standard InChI is InChI=1S/C28H28N4O4/c1-19(18-30-24-13-11-22(12-14-24)27(35)29-16-15-25(33)34)17-20-7-9-21(10-8-20)26-31-28(36-32-26)23-5-3-2-4-6-23/h2-14,19,30H,15-18H2,1H3,(H,29,35)(H,33,34). The first-order valence-corrected chi connectivity index (χ1v) is 11.8. The number of anilines is 1. The fourth-order valence-electron chi connectivity index (χ4n) is 3.72. The number of amides is 1. The highest BCUT2D eigenvalue weighted by Crippen LogP contribution is 2.23. The molecule has 8 nitrogen and oxygen atoms in total. The van der Waals surface area contributed by atoms with Gasteiger partial charge in [0.15, 0.2) is 0 Å². The fourth-order valence-corrected chi connectivity index (χ4v) is 3.72. The molecular weight excluding hydrogens is 456 g/mol. The van der Waals surface area contributed by atoms with Gasteiger partial charge in [0.2, 0.25) is 5.82 Å². The minimum atomic E-state index is -0.940. The van der Waals surface area contributed by atoms with E-state index in [4.69, 9.17) is 9.63 Å². The summed E-state index contributed by atoms with van der Waals surface area (Å²) in [6.45, 7) is 3.06. The number of benzene rings is 3. The zero-order chi connectivity index (χ0) is 25.3. The first-order chi connectivity index (χ1) is 17.5. The van der Waals surface area contributed by atoms with Crippen LogP contribution in [0.2, 0.25) is 0 Å². The van der Waals surface area contributed by atoms with Crippen molar-refractivity contribution >= 4 is 17.6 Å². The number of carboxylic acids is 1. The fraction of sp³-hybridized carbons (Fsp3) is 0.214. The Morgan fingerprint density at radius 3 is 2.36 bits per heavy atom. The smallest absolute Gasteiger partial charge is 0.305 e. The van der Waals surface area contributed by atoms with E-state index in [1.54, 1.807) is 12.1 Å². The number of nitrogens with one attached hydrogen (secondary N) is 2. The Kier molecular flexibility index (Phi) is 8.08. The van der Waals surface area contributed by atoms with Crippen LogP contribution in [0.1, 0.15) is 29.3 Å². The van der Waals surface area contributed by atoms with Crippen molar-refractivity contribution in [3.8, 4) is 22.8 Å². The van der Waals surface area contributed by atoms with E-state index in [1.807, 2.05) is 54.6 Å². The van der Waals surface area contributed by atoms with Crippen molar-refractivity contribution in [2.24, 2.45) is 5.92 Å². The van der Waals surface area contributed by atoms with Crippen LogP contribution in [0.15, 0.2) is 83.4 Å². The third kappa shape index (κ3) is 6.79. The molecule has 1 unspecified atom stereocenters. The number of rotatable bonds is 11. The van der Waals surface area contributed by atoms with E-state index < -0.39 is 5.97 Å². The SMILES string of the molecule is CC(CNc1ccc(C(=O)NCCC(=O)O)cc1)Cc1ccc(-c2noc(-c3ccccc3)n2)cc1. The van der Waals surface area contributed by atoms with Gasteiger partial charge >= 0.3 is 5.97 Å². The van der Waals surface area contributed by atoms with Gasteiger partial charge < -0.3 is 20.3 Å². The molecule has 0 spiro atoms. The van der Waals surface area contributed by atoms with Crippen molar-refractivity contribution in [1.29, 1.82) is 0 Å². The minimum Gasteiger partial charge on any atom is -0.481 e. The quantitative estimate of drug-likeness (QED) is 0.277. The Balaban J connectivity index is 1.25. The molecule has 1 heterocycles. The minimum absolute atomic E-state index is 0.0989. The molecule has 36 heavy (non-hydrogen) atoms. The van der Waals surface area contributed by atoms with Crippen LogP contribution in [0.4, 0.5) is 5.69 Å². The highest BCUT2D eigenvalue weighted by molar-refractivity contribution is 5.94. The molecule has 0 saturated carbocycles. The first-order valence-electron chi connectivity index (χ1n) is 11.8. The second-order valence-electron chi connectivity index (χ2n) is 8.65. The van der Waals surface area contributed by atoms with Gasteiger partial charge in [-0.1, -0.05) is 54.5 Å². The normalized spacial score (nSPS) is 11.6. The predicted octanol–water partition coefficient (Wildman–Crippen LogP) is 4.90. The molecule has 0 aliphatic heterocycles. The van der Waals surface area contributed by atoms with Crippen LogP contribution in [-0.4, -0.2) is 40.2 Å². The lowest BCUT2D eigenvalue weighted by atomic mass is 10.00. The van der Waals surface area contributed by atoms with Gasteiger partial charge in [0.05, 0.1) is 6.42 Å². The number of carbonyl (C=O) groups is 2. The van der Waals surface area contributed by atoms with Gasteiger partial charge in [-0.15, -0.1) is 0 Å². The van der Waals surface area contributed by atoms with Crippen LogP contribution in [0, 0.1) is 5.92 Å². The second-order valence-corrected chi connectivity index (χ2v) is 8.65. The molecule has 0 aliphatic rings. The van der Waals surface area contributed by atoms with Crippen molar-refractivity contribution in [3.63, 3.8) is 0 Å². The van der Waals surface area contributed by atoms with Crippen LogP contribution < -0.4 is 10.6 Å². The number of nitrogens with zero attached hydrogens (tertiary/aromatic N) is 2.